The van der Waals surface area contributed by atoms with Gasteiger partial charge in [0, 0.05) is 13.2 Å². The molecular formula is C16H25NO3. The van der Waals surface area contributed by atoms with Crippen LogP contribution in [0.1, 0.15) is 45.4 Å². The van der Waals surface area contributed by atoms with Crippen LogP contribution in [0.2, 0.25) is 0 Å². The fourth-order valence-corrected chi connectivity index (χ4v) is 4.53. The smallest absolute Gasteiger partial charge is 0.233 e. The van der Waals surface area contributed by atoms with Crippen LogP contribution < -0.4 is 0 Å². The molecule has 3 aliphatic rings. The monoisotopic (exact) mass is 279 g/mol. The van der Waals surface area contributed by atoms with Crippen molar-refractivity contribution in [2.24, 2.45) is 29.6 Å². The maximum Gasteiger partial charge on any atom is 0.233 e. The van der Waals surface area contributed by atoms with Crippen LogP contribution in [-0.4, -0.2) is 35.0 Å². The van der Waals surface area contributed by atoms with E-state index in [-0.39, 0.29) is 36.2 Å². The van der Waals surface area contributed by atoms with Gasteiger partial charge in [0.1, 0.15) is 0 Å². The van der Waals surface area contributed by atoms with Crippen LogP contribution in [0.25, 0.3) is 0 Å². The lowest BCUT2D eigenvalue weighted by Crippen LogP contribution is -2.40. The van der Waals surface area contributed by atoms with Gasteiger partial charge in [0.2, 0.25) is 11.8 Å². The number of aliphatic hydroxyl groups is 1. The second-order valence-electron chi connectivity index (χ2n) is 7.06. The summed E-state index contributed by atoms with van der Waals surface area (Å²) in [7, 11) is 0. The highest BCUT2D eigenvalue weighted by molar-refractivity contribution is 6.05. The molecule has 3 fully saturated rings. The van der Waals surface area contributed by atoms with Crippen LogP contribution in [0.4, 0.5) is 0 Å². The van der Waals surface area contributed by atoms with Crippen molar-refractivity contribution in [3.05, 3.63) is 0 Å². The molecule has 2 saturated carbocycles. The van der Waals surface area contributed by atoms with Gasteiger partial charge in [0.25, 0.3) is 0 Å². The zero-order chi connectivity index (χ0) is 14.3. The third-order valence-corrected chi connectivity index (χ3v) is 5.68. The Morgan fingerprint density at radius 2 is 1.60 bits per heavy atom. The molecule has 0 bridgehead atoms. The number of imide groups is 1. The van der Waals surface area contributed by atoms with E-state index in [1.54, 1.807) is 0 Å². The van der Waals surface area contributed by atoms with E-state index in [1.165, 1.54) is 4.90 Å². The average molecular weight is 279 g/mol. The number of rotatable bonds is 3. The first-order valence-corrected chi connectivity index (χ1v) is 8.08. The summed E-state index contributed by atoms with van der Waals surface area (Å²) >= 11 is 0. The van der Waals surface area contributed by atoms with E-state index in [1.807, 2.05) is 0 Å². The van der Waals surface area contributed by atoms with Crippen molar-refractivity contribution in [3.63, 3.8) is 0 Å². The Kier molecular flexibility index (Phi) is 3.85. The maximum absolute atomic E-state index is 12.5. The summed E-state index contributed by atoms with van der Waals surface area (Å²) in [6, 6.07) is 0. The van der Waals surface area contributed by atoms with Gasteiger partial charge in [-0.15, -0.1) is 0 Å². The van der Waals surface area contributed by atoms with E-state index in [9.17, 15) is 14.7 Å². The van der Waals surface area contributed by atoms with Gasteiger partial charge >= 0.3 is 0 Å². The normalized spacial score (nSPS) is 41.3. The van der Waals surface area contributed by atoms with E-state index in [2.05, 4.69) is 6.92 Å². The number of amides is 2. The molecule has 1 N–H and O–H groups in total. The topological polar surface area (TPSA) is 57.6 Å². The van der Waals surface area contributed by atoms with E-state index >= 15 is 0 Å². The summed E-state index contributed by atoms with van der Waals surface area (Å²) in [5.74, 6) is 1.10. The highest BCUT2D eigenvalue weighted by Gasteiger charge is 2.52. The van der Waals surface area contributed by atoms with Crippen molar-refractivity contribution in [3.8, 4) is 0 Å². The standard InChI is InChI=1S/C16H25NO3/c1-10-6-13-14(7-10)16(20)17(15(13)19)8-11-4-2-3-5-12(11)9-18/h10-14,18H,2-9H2,1H3. The predicted octanol–water partition coefficient (Wildman–Crippen LogP) is 1.82. The SMILES string of the molecule is CC1CC2C(=O)N(CC3CCCCC3CO)C(=O)C2C1. The molecule has 0 aromatic rings. The molecule has 2 amide bonds. The summed E-state index contributed by atoms with van der Waals surface area (Å²) in [5, 5.41) is 9.47. The highest BCUT2D eigenvalue weighted by atomic mass is 16.3. The number of likely N-dealkylation sites (tertiary alicyclic amines) is 1. The molecule has 20 heavy (non-hydrogen) atoms. The first kappa shape index (κ1) is 14.1. The van der Waals surface area contributed by atoms with Gasteiger partial charge < -0.3 is 5.11 Å². The zero-order valence-corrected chi connectivity index (χ0v) is 12.3. The molecule has 4 nitrogen and oxygen atoms in total. The van der Waals surface area contributed by atoms with Crippen LogP contribution in [0.3, 0.4) is 0 Å². The quantitative estimate of drug-likeness (QED) is 0.802. The first-order chi connectivity index (χ1) is 9.61. The van der Waals surface area contributed by atoms with Crippen molar-refractivity contribution < 1.29 is 14.7 Å². The molecule has 1 saturated heterocycles. The molecule has 1 heterocycles. The van der Waals surface area contributed by atoms with Crippen LogP contribution in [0.15, 0.2) is 0 Å². The average Bonchev–Trinajstić information content (AvgIpc) is 2.93. The summed E-state index contributed by atoms with van der Waals surface area (Å²) in [4.78, 5) is 26.4. The van der Waals surface area contributed by atoms with E-state index < -0.39 is 0 Å². The van der Waals surface area contributed by atoms with Gasteiger partial charge in [0.05, 0.1) is 11.8 Å². The molecule has 0 aromatic carbocycles. The lowest BCUT2D eigenvalue weighted by molar-refractivity contribution is -0.141. The van der Waals surface area contributed by atoms with Crippen molar-refractivity contribution in [1.82, 2.24) is 4.90 Å². The van der Waals surface area contributed by atoms with Crippen LogP contribution >= 0.6 is 0 Å². The van der Waals surface area contributed by atoms with E-state index in [0.717, 1.165) is 38.5 Å². The Morgan fingerprint density at radius 3 is 2.15 bits per heavy atom. The van der Waals surface area contributed by atoms with Crippen molar-refractivity contribution in [2.75, 3.05) is 13.2 Å². The number of nitrogens with zero attached hydrogens (tertiary/aromatic N) is 1. The number of fused-ring (bicyclic) bond motifs is 1. The Morgan fingerprint density at radius 1 is 1.05 bits per heavy atom. The van der Waals surface area contributed by atoms with Gasteiger partial charge in [-0.2, -0.15) is 0 Å². The van der Waals surface area contributed by atoms with Crippen molar-refractivity contribution in [2.45, 2.75) is 45.4 Å². The summed E-state index contributed by atoms with van der Waals surface area (Å²) in [6.45, 7) is 2.86. The minimum Gasteiger partial charge on any atom is -0.396 e. The lowest BCUT2D eigenvalue weighted by atomic mass is 9.79. The Bertz CT molecular complexity index is 385. The number of carbonyl (C=O) groups excluding carboxylic acids is 2. The largest absolute Gasteiger partial charge is 0.396 e. The first-order valence-electron chi connectivity index (χ1n) is 8.08. The fraction of sp³-hybridized carbons (Fsp3) is 0.875. The summed E-state index contributed by atoms with van der Waals surface area (Å²) in [5.41, 5.74) is 0. The van der Waals surface area contributed by atoms with E-state index in [0.29, 0.717) is 18.4 Å². The Balaban J connectivity index is 1.69. The van der Waals surface area contributed by atoms with Crippen LogP contribution in [0, 0.1) is 29.6 Å². The minimum atomic E-state index is -0.0475. The number of carbonyl (C=O) groups is 2. The fourth-order valence-electron chi connectivity index (χ4n) is 4.53. The molecule has 2 aliphatic carbocycles. The summed E-state index contributed by atoms with van der Waals surface area (Å²) in [6.07, 6.45) is 6.13. The molecule has 4 unspecified atom stereocenters. The molecule has 112 valence electrons. The molecule has 4 atom stereocenters. The van der Waals surface area contributed by atoms with Gasteiger partial charge in [-0.05, 0) is 43.4 Å². The molecule has 4 heteroatoms. The molecule has 3 rings (SSSR count). The lowest BCUT2D eigenvalue weighted by Gasteiger charge is -2.33. The Hall–Kier alpha value is -0.900. The molecule has 1 aliphatic heterocycles. The summed E-state index contributed by atoms with van der Waals surface area (Å²) < 4.78 is 0. The van der Waals surface area contributed by atoms with Crippen molar-refractivity contribution >= 4 is 11.8 Å². The molecule has 0 radical (unpaired) electrons. The van der Waals surface area contributed by atoms with Gasteiger partial charge in [-0.25, -0.2) is 0 Å². The highest BCUT2D eigenvalue weighted by Crippen LogP contribution is 2.43. The van der Waals surface area contributed by atoms with E-state index in [4.69, 9.17) is 0 Å². The van der Waals surface area contributed by atoms with Gasteiger partial charge in [-0.1, -0.05) is 19.8 Å². The molecular weight excluding hydrogens is 254 g/mol. The van der Waals surface area contributed by atoms with Gasteiger partial charge in [-0.3, -0.25) is 14.5 Å². The molecule has 0 spiro atoms. The predicted molar refractivity (Wildman–Crippen MR) is 74.6 cm³/mol. The third kappa shape index (κ3) is 2.28. The number of hydrogen-bond donors (Lipinski definition) is 1. The van der Waals surface area contributed by atoms with Crippen molar-refractivity contribution in [1.29, 1.82) is 0 Å². The maximum atomic E-state index is 12.5. The van der Waals surface area contributed by atoms with Gasteiger partial charge in [0.15, 0.2) is 0 Å². The van der Waals surface area contributed by atoms with Crippen LogP contribution in [0.5, 0.6) is 0 Å². The second kappa shape index (κ2) is 5.47. The minimum absolute atomic E-state index is 0.0475. The Labute approximate surface area is 120 Å². The number of hydrogen-bond acceptors (Lipinski definition) is 3. The second-order valence-corrected chi connectivity index (χ2v) is 7.06. The number of aliphatic hydroxyl groups excluding tert-OH is 1. The van der Waals surface area contributed by atoms with Crippen LogP contribution in [-0.2, 0) is 9.59 Å². The zero-order valence-electron chi connectivity index (χ0n) is 12.3. The third-order valence-electron chi connectivity index (χ3n) is 5.68. The molecule has 0 aromatic heterocycles.